The van der Waals surface area contributed by atoms with Gasteiger partial charge in [-0.3, -0.25) is 0 Å². The molecular formula is C8H10FNO. The highest BCUT2D eigenvalue weighted by molar-refractivity contribution is 5.29. The molecule has 1 atom stereocenters. The van der Waals surface area contributed by atoms with E-state index in [-0.39, 0.29) is 5.75 Å². The maximum atomic E-state index is 12.0. The number of nitrogens with two attached hydrogens (primary N) is 1. The van der Waals surface area contributed by atoms with Crippen LogP contribution in [-0.4, -0.2) is 11.8 Å². The summed E-state index contributed by atoms with van der Waals surface area (Å²) in [6.45, 7) is -0.608. The van der Waals surface area contributed by atoms with E-state index in [0.29, 0.717) is 5.56 Å². The summed E-state index contributed by atoms with van der Waals surface area (Å²) < 4.78 is 12.0. The minimum Gasteiger partial charge on any atom is -0.508 e. The third-order valence-electron chi connectivity index (χ3n) is 1.46. The molecule has 0 aromatic heterocycles. The lowest BCUT2D eigenvalue weighted by atomic mass is 10.1. The van der Waals surface area contributed by atoms with Crippen LogP contribution < -0.4 is 5.73 Å². The molecule has 11 heavy (non-hydrogen) atoms. The number of alkyl halides is 1. The predicted octanol–water partition coefficient (Wildman–Crippen LogP) is 1.36. The summed E-state index contributed by atoms with van der Waals surface area (Å²) in [7, 11) is 0. The predicted molar refractivity (Wildman–Crippen MR) is 41.0 cm³/mol. The summed E-state index contributed by atoms with van der Waals surface area (Å²) in [5, 5.41) is 8.98. The van der Waals surface area contributed by atoms with E-state index in [1.54, 1.807) is 12.1 Å². The smallest absolute Gasteiger partial charge is 0.115 e. The van der Waals surface area contributed by atoms with Gasteiger partial charge in [0, 0.05) is 0 Å². The lowest BCUT2D eigenvalue weighted by Crippen LogP contribution is -2.11. The Kier molecular flexibility index (Phi) is 2.44. The summed E-state index contributed by atoms with van der Waals surface area (Å²) >= 11 is 0. The fraction of sp³-hybridized carbons (Fsp3) is 0.250. The lowest BCUT2D eigenvalue weighted by molar-refractivity contribution is 0.434. The van der Waals surface area contributed by atoms with Crippen LogP contribution in [0, 0.1) is 0 Å². The molecule has 0 saturated heterocycles. The Labute approximate surface area is 64.5 Å². The van der Waals surface area contributed by atoms with Crippen LogP contribution in [0.3, 0.4) is 0 Å². The van der Waals surface area contributed by atoms with Gasteiger partial charge in [-0.25, -0.2) is 4.39 Å². The van der Waals surface area contributed by atoms with Gasteiger partial charge in [-0.05, 0) is 17.7 Å². The molecule has 3 N–H and O–H groups in total. The van der Waals surface area contributed by atoms with Crippen molar-refractivity contribution >= 4 is 0 Å². The SMILES string of the molecule is NC(CF)c1cccc(O)c1. The Morgan fingerprint density at radius 2 is 2.27 bits per heavy atom. The van der Waals surface area contributed by atoms with E-state index < -0.39 is 12.7 Å². The highest BCUT2D eigenvalue weighted by Gasteiger charge is 2.04. The molecule has 0 aliphatic rings. The van der Waals surface area contributed by atoms with Gasteiger partial charge in [0.2, 0.25) is 0 Å². The van der Waals surface area contributed by atoms with E-state index in [0.717, 1.165) is 0 Å². The van der Waals surface area contributed by atoms with Gasteiger partial charge in [-0.15, -0.1) is 0 Å². The van der Waals surface area contributed by atoms with Crippen molar-refractivity contribution in [2.45, 2.75) is 6.04 Å². The van der Waals surface area contributed by atoms with Crippen molar-refractivity contribution < 1.29 is 9.50 Å². The average molecular weight is 155 g/mol. The van der Waals surface area contributed by atoms with E-state index >= 15 is 0 Å². The Hall–Kier alpha value is -1.09. The van der Waals surface area contributed by atoms with Crippen molar-refractivity contribution in [1.29, 1.82) is 0 Å². The maximum absolute atomic E-state index is 12.0. The molecule has 0 aliphatic heterocycles. The van der Waals surface area contributed by atoms with Crippen molar-refractivity contribution in [2.24, 2.45) is 5.73 Å². The molecule has 0 radical (unpaired) electrons. The number of phenolic OH excluding ortho intramolecular Hbond substituents is 1. The second-order valence-electron chi connectivity index (χ2n) is 2.36. The minimum atomic E-state index is -0.623. The molecule has 1 rings (SSSR count). The highest BCUT2D eigenvalue weighted by Crippen LogP contribution is 2.16. The fourth-order valence-corrected chi connectivity index (χ4v) is 0.845. The van der Waals surface area contributed by atoms with Crippen LogP contribution in [-0.2, 0) is 0 Å². The first-order valence-corrected chi connectivity index (χ1v) is 3.34. The first-order valence-electron chi connectivity index (χ1n) is 3.34. The fourth-order valence-electron chi connectivity index (χ4n) is 0.845. The average Bonchev–Trinajstić information content (AvgIpc) is 2.03. The Balaban J connectivity index is 2.86. The molecule has 0 spiro atoms. The largest absolute Gasteiger partial charge is 0.508 e. The standard InChI is InChI=1S/C8H10FNO/c9-5-8(10)6-2-1-3-7(11)4-6/h1-4,8,11H,5,10H2. The van der Waals surface area contributed by atoms with Crippen LogP contribution in [0.2, 0.25) is 0 Å². The monoisotopic (exact) mass is 155 g/mol. The number of hydrogen-bond acceptors (Lipinski definition) is 2. The molecule has 0 heterocycles. The van der Waals surface area contributed by atoms with E-state index in [4.69, 9.17) is 10.8 Å². The topological polar surface area (TPSA) is 46.2 Å². The molecule has 0 saturated carbocycles. The van der Waals surface area contributed by atoms with Crippen LogP contribution in [0.4, 0.5) is 4.39 Å². The zero-order valence-corrected chi connectivity index (χ0v) is 6.00. The van der Waals surface area contributed by atoms with Crippen molar-refractivity contribution in [3.05, 3.63) is 29.8 Å². The Bertz CT molecular complexity index is 239. The number of hydrogen-bond donors (Lipinski definition) is 2. The van der Waals surface area contributed by atoms with Crippen molar-refractivity contribution in [2.75, 3.05) is 6.67 Å². The molecule has 2 nitrogen and oxygen atoms in total. The zero-order valence-electron chi connectivity index (χ0n) is 6.00. The molecule has 0 fully saturated rings. The number of phenols is 1. The molecule has 1 unspecified atom stereocenters. The third-order valence-corrected chi connectivity index (χ3v) is 1.46. The van der Waals surface area contributed by atoms with Crippen LogP contribution in [0.1, 0.15) is 11.6 Å². The van der Waals surface area contributed by atoms with Gasteiger partial charge < -0.3 is 10.8 Å². The van der Waals surface area contributed by atoms with Crippen LogP contribution in [0.15, 0.2) is 24.3 Å². The van der Waals surface area contributed by atoms with E-state index in [1.165, 1.54) is 12.1 Å². The zero-order chi connectivity index (χ0) is 8.27. The summed E-state index contributed by atoms with van der Waals surface area (Å²) in [4.78, 5) is 0. The molecule has 0 bridgehead atoms. The third kappa shape index (κ3) is 1.91. The second kappa shape index (κ2) is 3.34. The van der Waals surface area contributed by atoms with E-state index in [1.807, 2.05) is 0 Å². The normalized spacial score (nSPS) is 12.9. The summed E-state index contributed by atoms with van der Waals surface area (Å²) in [6.07, 6.45) is 0. The molecule has 0 aliphatic carbocycles. The van der Waals surface area contributed by atoms with E-state index in [2.05, 4.69) is 0 Å². The van der Waals surface area contributed by atoms with Crippen LogP contribution in [0.25, 0.3) is 0 Å². The Morgan fingerprint density at radius 3 is 2.82 bits per heavy atom. The number of aromatic hydroxyl groups is 1. The van der Waals surface area contributed by atoms with Crippen molar-refractivity contribution in [1.82, 2.24) is 0 Å². The second-order valence-corrected chi connectivity index (χ2v) is 2.36. The first-order chi connectivity index (χ1) is 5.24. The first kappa shape index (κ1) is 8.01. The summed E-state index contributed by atoms with van der Waals surface area (Å²) in [6, 6.07) is 5.69. The molecule has 1 aromatic rings. The molecule has 0 amide bonds. The number of rotatable bonds is 2. The summed E-state index contributed by atoms with van der Waals surface area (Å²) in [5.74, 6) is 0.117. The van der Waals surface area contributed by atoms with Gasteiger partial charge >= 0.3 is 0 Å². The lowest BCUT2D eigenvalue weighted by Gasteiger charge is -2.06. The highest BCUT2D eigenvalue weighted by atomic mass is 19.1. The van der Waals surface area contributed by atoms with Gasteiger partial charge in [0.1, 0.15) is 12.4 Å². The van der Waals surface area contributed by atoms with Crippen molar-refractivity contribution in [3.63, 3.8) is 0 Å². The molecule has 60 valence electrons. The van der Waals surface area contributed by atoms with Gasteiger partial charge in [0.25, 0.3) is 0 Å². The quantitative estimate of drug-likeness (QED) is 0.677. The van der Waals surface area contributed by atoms with Crippen LogP contribution >= 0.6 is 0 Å². The number of benzene rings is 1. The minimum absolute atomic E-state index is 0.117. The molecular weight excluding hydrogens is 145 g/mol. The number of halogens is 1. The van der Waals surface area contributed by atoms with Gasteiger partial charge in [-0.2, -0.15) is 0 Å². The van der Waals surface area contributed by atoms with Gasteiger partial charge in [-0.1, -0.05) is 12.1 Å². The maximum Gasteiger partial charge on any atom is 0.115 e. The van der Waals surface area contributed by atoms with Gasteiger partial charge in [0.05, 0.1) is 6.04 Å². The van der Waals surface area contributed by atoms with E-state index in [9.17, 15) is 4.39 Å². The molecule has 1 aromatic carbocycles. The van der Waals surface area contributed by atoms with Crippen molar-refractivity contribution in [3.8, 4) is 5.75 Å². The van der Waals surface area contributed by atoms with Gasteiger partial charge in [0.15, 0.2) is 0 Å². The van der Waals surface area contributed by atoms with Crippen LogP contribution in [0.5, 0.6) is 5.75 Å². The molecule has 3 heteroatoms. The Morgan fingerprint density at radius 1 is 1.55 bits per heavy atom. The summed E-state index contributed by atoms with van der Waals surface area (Å²) in [5.41, 5.74) is 6.00.